The maximum Gasteiger partial charge on any atom is 0.249 e. The summed E-state index contributed by atoms with van der Waals surface area (Å²) < 4.78 is 6.06. The first-order chi connectivity index (χ1) is 12.7. The van der Waals surface area contributed by atoms with Crippen LogP contribution in [0.15, 0.2) is 41.8 Å². The number of nitrogens with zero attached hydrogens (tertiary/aromatic N) is 1. The third kappa shape index (κ3) is 2.88. The van der Waals surface area contributed by atoms with Gasteiger partial charge < -0.3 is 10.1 Å². The summed E-state index contributed by atoms with van der Waals surface area (Å²) in [5.41, 5.74) is 2.65. The first-order valence-corrected chi connectivity index (χ1v) is 10.4. The smallest absolute Gasteiger partial charge is 0.249 e. The highest BCUT2D eigenvalue weighted by molar-refractivity contribution is 7.09. The molecule has 1 amide bonds. The SMILES string of the molecule is O=C(NCc1cccs1)[C@H]1C[C@]2(CO1)c1ccccc1CN2CC1CC1. The zero-order valence-electron chi connectivity index (χ0n) is 14.8. The Morgan fingerprint density at radius 3 is 2.96 bits per heavy atom. The second-order valence-corrected chi connectivity index (χ2v) is 8.85. The molecule has 0 radical (unpaired) electrons. The van der Waals surface area contributed by atoms with Crippen LogP contribution in [-0.4, -0.2) is 30.1 Å². The lowest BCUT2D eigenvalue weighted by molar-refractivity contribution is -0.130. The summed E-state index contributed by atoms with van der Waals surface area (Å²) in [6, 6.07) is 12.8. The second-order valence-electron chi connectivity index (χ2n) is 7.81. The summed E-state index contributed by atoms with van der Waals surface area (Å²) >= 11 is 1.67. The molecule has 2 aromatic rings. The van der Waals surface area contributed by atoms with Crippen LogP contribution < -0.4 is 5.32 Å². The molecule has 2 fully saturated rings. The summed E-state index contributed by atoms with van der Waals surface area (Å²) in [6.45, 7) is 3.32. The van der Waals surface area contributed by atoms with Gasteiger partial charge in [-0.15, -0.1) is 11.3 Å². The van der Waals surface area contributed by atoms with E-state index in [4.69, 9.17) is 4.74 Å². The highest BCUT2D eigenvalue weighted by atomic mass is 32.1. The highest BCUT2D eigenvalue weighted by Crippen LogP contribution is 2.48. The van der Waals surface area contributed by atoms with E-state index in [1.54, 1.807) is 11.3 Å². The molecule has 3 heterocycles. The standard InChI is InChI=1S/C21H24N2O2S/c24-20(22-11-17-5-3-9-26-17)19-10-21(14-25-19)18-6-2-1-4-16(18)13-23(21)12-15-7-8-15/h1-6,9,15,19H,7-8,10-14H2,(H,22,24)/t19-,21+/m1/s1. The zero-order chi connectivity index (χ0) is 17.6. The number of rotatable bonds is 5. The predicted molar refractivity (Wildman–Crippen MR) is 102 cm³/mol. The van der Waals surface area contributed by atoms with Crippen molar-refractivity contribution in [2.24, 2.45) is 5.92 Å². The van der Waals surface area contributed by atoms with Gasteiger partial charge in [0.15, 0.2) is 0 Å². The topological polar surface area (TPSA) is 41.6 Å². The molecule has 2 atom stereocenters. The third-order valence-corrected chi connectivity index (χ3v) is 6.89. The lowest BCUT2D eigenvalue weighted by atomic mass is 9.86. The number of thiophene rings is 1. The molecule has 1 spiro atoms. The lowest BCUT2D eigenvalue weighted by Gasteiger charge is -2.34. The van der Waals surface area contributed by atoms with Crippen LogP contribution in [0, 0.1) is 5.92 Å². The third-order valence-electron chi connectivity index (χ3n) is 6.02. The molecule has 1 saturated carbocycles. The van der Waals surface area contributed by atoms with Crippen molar-refractivity contribution in [3.63, 3.8) is 0 Å². The fraction of sp³-hybridized carbons (Fsp3) is 0.476. The van der Waals surface area contributed by atoms with Crippen molar-refractivity contribution in [3.05, 3.63) is 57.8 Å². The maximum absolute atomic E-state index is 12.7. The van der Waals surface area contributed by atoms with Crippen molar-refractivity contribution in [1.82, 2.24) is 10.2 Å². The summed E-state index contributed by atoms with van der Waals surface area (Å²) in [5, 5.41) is 5.09. The normalized spacial score (nSPS) is 27.8. The number of carbonyl (C=O) groups excluding carboxylic acids is 1. The monoisotopic (exact) mass is 368 g/mol. The summed E-state index contributed by atoms with van der Waals surface area (Å²) in [4.78, 5) is 16.4. The van der Waals surface area contributed by atoms with Crippen LogP contribution in [0.4, 0.5) is 0 Å². The molecule has 1 aliphatic carbocycles. The quantitative estimate of drug-likeness (QED) is 0.881. The molecule has 26 heavy (non-hydrogen) atoms. The molecular weight excluding hydrogens is 344 g/mol. The van der Waals surface area contributed by atoms with Crippen LogP contribution in [0.5, 0.6) is 0 Å². The van der Waals surface area contributed by atoms with Crippen LogP contribution in [0.25, 0.3) is 0 Å². The van der Waals surface area contributed by atoms with E-state index < -0.39 is 0 Å². The molecule has 5 rings (SSSR count). The first-order valence-electron chi connectivity index (χ1n) is 9.50. The van der Waals surface area contributed by atoms with Crippen LogP contribution in [0.2, 0.25) is 0 Å². The Labute approximate surface area is 158 Å². The van der Waals surface area contributed by atoms with E-state index in [2.05, 4.69) is 34.5 Å². The fourth-order valence-electron chi connectivity index (χ4n) is 4.43. The fourth-order valence-corrected chi connectivity index (χ4v) is 5.08. The Balaban J connectivity index is 1.33. The average Bonchev–Trinajstić information content (AvgIpc) is 3.09. The minimum absolute atomic E-state index is 0.0195. The molecule has 0 unspecified atom stereocenters. The van der Waals surface area contributed by atoms with Crippen LogP contribution >= 0.6 is 11.3 Å². The first kappa shape index (κ1) is 16.5. The van der Waals surface area contributed by atoms with Gasteiger partial charge in [0.05, 0.1) is 18.7 Å². The lowest BCUT2D eigenvalue weighted by Crippen LogP contribution is -2.43. The number of carbonyl (C=O) groups is 1. The van der Waals surface area contributed by atoms with Gasteiger partial charge in [-0.2, -0.15) is 0 Å². The Morgan fingerprint density at radius 2 is 2.15 bits per heavy atom. The highest BCUT2D eigenvalue weighted by Gasteiger charge is 2.53. The number of hydrogen-bond acceptors (Lipinski definition) is 4. The minimum Gasteiger partial charge on any atom is -0.366 e. The van der Waals surface area contributed by atoms with Gasteiger partial charge in [-0.25, -0.2) is 0 Å². The number of benzene rings is 1. The molecule has 1 aromatic heterocycles. The second kappa shape index (κ2) is 6.48. The summed E-state index contributed by atoms with van der Waals surface area (Å²) in [5.74, 6) is 0.846. The van der Waals surface area contributed by atoms with Gasteiger partial charge in [-0.1, -0.05) is 30.3 Å². The number of nitrogens with one attached hydrogen (secondary N) is 1. The van der Waals surface area contributed by atoms with E-state index in [-0.39, 0.29) is 17.6 Å². The average molecular weight is 369 g/mol. The van der Waals surface area contributed by atoms with Crippen LogP contribution in [-0.2, 0) is 28.2 Å². The Morgan fingerprint density at radius 1 is 1.27 bits per heavy atom. The van der Waals surface area contributed by atoms with Crippen molar-refractivity contribution in [3.8, 4) is 0 Å². The summed E-state index contributed by atoms with van der Waals surface area (Å²) in [6.07, 6.45) is 3.08. The molecule has 136 valence electrons. The molecular formula is C21H24N2O2S. The number of ether oxygens (including phenoxy) is 1. The van der Waals surface area contributed by atoms with Crippen LogP contribution in [0.3, 0.4) is 0 Å². The Hall–Kier alpha value is -1.69. The molecule has 1 N–H and O–H groups in total. The maximum atomic E-state index is 12.7. The van der Waals surface area contributed by atoms with Crippen LogP contribution in [0.1, 0.15) is 35.3 Å². The van der Waals surface area contributed by atoms with Gasteiger partial charge in [-0.05, 0) is 41.3 Å². The van der Waals surface area contributed by atoms with E-state index in [9.17, 15) is 4.79 Å². The number of hydrogen-bond donors (Lipinski definition) is 1. The van der Waals surface area contributed by atoms with Gasteiger partial charge in [0, 0.05) is 24.4 Å². The molecule has 0 bridgehead atoms. The minimum atomic E-state index is -0.358. The predicted octanol–water partition coefficient (Wildman–Crippen LogP) is 3.27. The van der Waals surface area contributed by atoms with Gasteiger partial charge in [0.2, 0.25) is 5.91 Å². The molecule has 5 heteroatoms. The van der Waals surface area contributed by atoms with Gasteiger partial charge in [-0.3, -0.25) is 9.69 Å². The van der Waals surface area contributed by atoms with Crippen molar-refractivity contribution < 1.29 is 9.53 Å². The number of amides is 1. The van der Waals surface area contributed by atoms with E-state index in [1.165, 1.54) is 28.8 Å². The van der Waals surface area contributed by atoms with Gasteiger partial charge in [0.1, 0.15) is 6.10 Å². The van der Waals surface area contributed by atoms with E-state index in [0.29, 0.717) is 13.2 Å². The van der Waals surface area contributed by atoms with Crippen molar-refractivity contribution >= 4 is 17.2 Å². The van der Waals surface area contributed by atoms with Crippen molar-refractivity contribution in [2.45, 2.75) is 44.0 Å². The molecule has 4 nitrogen and oxygen atoms in total. The largest absolute Gasteiger partial charge is 0.366 e. The zero-order valence-corrected chi connectivity index (χ0v) is 15.6. The Kier molecular flexibility index (Phi) is 4.11. The van der Waals surface area contributed by atoms with Crippen molar-refractivity contribution in [2.75, 3.05) is 13.2 Å². The van der Waals surface area contributed by atoms with Gasteiger partial charge in [0.25, 0.3) is 0 Å². The molecule has 1 aromatic carbocycles. The van der Waals surface area contributed by atoms with E-state index >= 15 is 0 Å². The number of fused-ring (bicyclic) bond motifs is 2. The van der Waals surface area contributed by atoms with Crippen molar-refractivity contribution in [1.29, 1.82) is 0 Å². The molecule has 2 aliphatic heterocycles. The van der Waals surface area contributed by atoms with Gasteiger partial charge >= 0.3 is 0 Å². The van der Waals surface area contributed by atoms with E-state index in [1.807, 2.05) is 17.5 Å². The van der Waals surface area contributed by atoms with E-state index in [0.717, 1.165) is 25.4 Å². The molecule has 3 aliphatic rings. The summed E-state index contributed by atoms with van der Waals surface area (Å²) in [7, 11) is 0. The molecule has 1 saturated heterocycles. The Bertz CT molecular complexity index is 802.